The highest BCUT2D eigenvalue weighted by atomic mass is 16.5. The molecule has 0 spiro atoms. The number of aliphatic hydroxyl groups excluding tert-OH is 1. The van der Waals surface area contributed by atoms with Gasteiger partial charge in [0.05, 0.1) is 32.0 Å². The second-order valence-corrected chi connectivity index (χ2v) is 4.52. The SMILES string of the molecule is CCCCOC(=O)CN1CC(C)OC(CO)C1. The number of rotatable bonds is 6. The summed E-state index contributed by atoms with van der Waals surface area (Å²) >= 11 is 0. The van der Waals surface area contributed by atoms with Gasteiger partial charge in [-0.25, -0.2) is 0 Å². The first kappa shape index (κ1) is 14.4. The molecule has 1 rings (SSSR count). The van der Waals surface area contributed by atoms with Crippen molar-refractivity contribution in [3.8, 4) is 0 Å². The van der Waals surface area contributed by atoms with Gasteiger partial charge in [-0.05, 0) is 13.3 Å². The zero-order valence-corrected chi connectivity index (χ0v) is 10.7. The summed E-state index contributed by atoms with van der Waals surface area (Å²) < 4.78 is 10.6. The van der Waals surface area contributed by atoms with Crippen molar-refractivity contribution in [1.82, 2.24) is 4.90 Å². The summed E-state index contributed by atoms with van der Waals surface area (Å²) in [6.45, 7) is 6.07. The number of carbonyl (C=O) groups is 1. The number of carbonyl (C=O) groups excluding carboxylic acids is 1. The molecule has 0 saturated carbocycles. The molecular weight excluding hydrogens is 222 g/mol. The summed E-state index contributed by atoms with van der Waals surface area (Å²) in [5.74, 6) is -0.191. The van der Waals surface area contributed by atoms with Crippen LogP contribution in [0.25, 0.3) is 0 Å². The number of morpholine rings is 1. The van der Waals surface area contributed by atoms with Crippen LogP contribution < -0.4 is 0 Å². The predicted octanol–water partition coefficient (Wildman–Crippen LogP) is 0.411. The number of unbranched alkanes of at least 4 members (excludes halogenated alkanes) is 1. The lowest BCUT2D eigenvalue weighted by Crippen LogP contribution is -2.49. The number of ether oxygens (including phenoxy) is 2. The first-order chi connectivity index (χ1) is 8.15. The molecule has 0 radical (unpaired) electrons. The molecule has 5 heteroatoms. The van der Waals surface area contributed by atoms with Gasteiger partial charge < -0.3 is 14.6 Å². The van der Waals surface area contributed by atoms with E-state index in [2.05, 4.69) is 6.92 Å². The van der Waals surface area contributed by atoms with Crippen molar-refractivity contribution in [2.24, 2.45) is 0 Å². The van der Waals surface area contributed by atoms with Crippen LogP contribution in [-0.4, -0.2) is 61.0 Å². The van der Waals surface area contributed by atoms with Crippen molar-refractivity contribution in [3.63, 3.8) is 0 Å². The van der Waals surface area contributed by atoms with Crippen molar-refractivity contribution in [2.75, 3.05) is 32.8 Å². The van der Waals surface area contributed by atoms with Crippen molar-refractivity contribution >= 4 is 5.97 Å². The van der Waals surface area contributed by atoms with Crippen LogP contribution in [0.4, 0.5) is 0 Å². The maximum atomic E-state index is 11.5. The van der Waals surface area contributed by atoms with Gasteiger partial charge in [0, 0.05) is 13.1 Å². The monoisotopic (exact) mass is 245 g/mol. The summed E-state index contributed by atoms with van der Waals surface area (Å²) in [5.41, 5.74) is 0. The highest BCUT2D eigenvalue weighted by Gasteiger charge is 2.26. The zero-order chi connectivity index (χ0) is 12.7. The molecule has 1 aliphatic heterocycles. The molecule has 1 saturated heterocycles. The van der Waals surface area contributed by atoms with Crippen LogP contribution in [0.3, 0.4) is 0 Å². The lowest BCUT2D eigenvalue weighted by molar-refractivity contribution is -0.149. The van der Waals surface area contributed by atoms with Crippen LogP contribution in [0.2, 0.25) is 0 Å². The van der Waals surface area contributed by atoms with E-state index in [0.29, 0.717) is 19.7 Å². The molecule has 2 atom stereocenters. The van der Waals surface area contributed by atoms with Crippen molar-refractivity contribution in [1.29, 1.82) is 0 Å². The van der Waals surface area contributed by atoms with Crippen LogP contribution in [-0.2, 0) is 14.3 Å². The number of hydrogen-bond donors (Lipinski definition) is 1. The number of esters is 1. The second kappa shape index (κ2) is 7.63. The summed E-state index contributed by atoms with van der Waals surface area (Å²) in [6.07, 6.45) is 1.78. The standard InChI is InChI=1S/C12H23NO4/c1-3-4-5-16-12(15)8-13-6-10(2)17-11(7-13)9-14/h10-11,14H,3-9H2,1-2H3. The molecule has 100 valence electrons. The van der Waals surface area contributed by atoms with Gasteiger partial charge in [-0.15, -0.1) is 0 Å². The van der Waals surface area contributed by atoms with Gasteiger partial charge in [0.2, 0.25) is 0 Å². The van der Waals surface area contributed by atoms with E-state index < -0.39 is 0 Å². The minimum atomic E-state index is -0.192. The fourth-order valence-electron chi connectivity index (χ4n) is 1.93. The van der Waals surface area contributed by atoms with Gasteiger partial charge in [0.15, 0.2) is 0 Å². The molecule has 2 unspecified atom stereocenters. The van der Waals surface area contributed by atoms with Crippen molar-refractivity contribution < 1.29 is 19.4 Å². The quantitative estimate of drug-likeness (QED) is 0.542. The molecule has 0 aromatic rings. The highest BCUT2D eigenvalue weighted by molar-refractivity contribution is 5.71. The van der Waals surface area contributed by atoms with Crippen LogP contribution in [0.15, 0.2) is 0 Å². The maximum absolute atomic E-state index is 11.5. The zero-order valence-electron chi connectivity index (χ0n) is 10.7. The summed E-state index contributed by atoms with van der Waals surface area (Å²) in [4.78, 5) is 13.5. The smallest absolute Gasteiger partial charge is 0.320 e. The third kappa shape index (κ3) is 5.48. The van der Waals surface area contributed by atoms with Gasteiger partial charge in [-0.2, -0.15) is 0 Å². The normalized spacial score (nSPS) is 25.8. The lowest BCUT2D eigenvalue weighted by atomic mass is 10.2. The van der Waals surface area contributed by atoms with E-state index in [1.807, 2.05) is 11.8 Å². The Morgan fingerprint density at radius 1 is 1.53 bits per heavy atom. The predicted molar refractivity (Wildman–Crippen MR) is 63.7 cm³/mol. The maximum Gasteiger partial charge on any atom is 0.320 e. The van der Waals surface area contributed by atoms with Gasteiger partial charge in [-0.3, -0.25) is 9.69 Å². The van der Waals surface area contributed by atoms with Crippen molar-refractivity contribution in [2.45, 2.75) is 38.9 Å². The average Bonchev–Trinajstić information content (AvgIpc) is 2.28. The lowest BCUT2D eigenvalue weighted by Gasteiger charge is -2.35. The molecule has 1 N–H and O–H groups in total. The van der Waals surface area contributed by atoms with E-state index in [1.165, 1.54) is 0 Å². The molecule has 0 aromatic carbocycles. The largest absolute Gasteiger partial charge is 0.465 e. The van der Waals surface area contributed by atoms with E-state index in [9.17, 15) is 4.79 Å². The van der Waals surface area contributed by atoms with Gasteiger partial charge >= 0.3 is 5.97 Å². The molecule has 0 bridgehead atoms. The van der Waals surface area contributed by atoms with E-state index in [1.54, 1.807) is 0 Å². The molecular formula is C12H23NO4. The summed E-state index contributed by atoms with van der Waals surface area (Å²) in [5, 5.41) is 9.07. The Bertz CT molecular complexity index is 235. The Hall–Kier alpha value is -0.650. The Labute approximate surface area is 103 Å². The number of hydrogen-bond acceptors (Lipinski definition) is 5. The molecule has 1 heterocycles. The van der Waals surface area contributed by atoms with Crippen LogP contribution in [0.1, 0.15) is 26.7 Å². The fourth-order valence-corrected chi connectivity index (χ4v) is 1.93. The van der Waals surface area contributed by atoms with E-state index in [4.69, 9.17) is 14.6 Å². The Morgan fingerprint density at radius 2 is 2.29 bits per heavy atom. The van der Waals surface area contributed by atoms with Gasteiger partial charge in [0.25, 0.3) is 0 Å². The van der Waals surface area contributed by atoms with Gasteiger partial charge in [-0.1, -0.05) is 13.3 Å². The second-order valence-electron chi connectivity index (χ2n) is 4.52. The Balaban J connectivity index is 2.27. The van der Waals surface area contributed by atoms with Crippen molar-refractivity contribution in [3.05, 3.63) is 0 Å². The number of nitrogens with zero attached hydrogens (tertiary/aromatic N) is 1. The number of aliphatic hydroxyl groups is 1. The summed E-state index contributed by atoms with van der Waals surface area (Å²) in [7, 11) is 0. The van der Waals surface area contributed by atoms with Gasteiger partial charge in [0.1, 0.15) is 0 Å². The molecule has 0 amide bonds. The third-order valence-corrected chi connectivity index (χ3v) is 2.72. The third-order valence-electron chi connectivity index (χ3n) is 2.72. The summed E-state index contributed by atoms with van der Waals surface area (Å²) in [6, 6.07) is 0. The minimum Gasteiger partial charge on any atom is -0.465 e. The average molecular weight is 245 g/mol. The van der Waals surface area contributed by atoms with E-state index in [-0.39, 0.29) is 31.3 Å². The molecule has 5 nitrogen and oxygen atoms in total. The Kier molecular flexibility index (Phi) is 6.47. The first-order valence-corrected chi connectivity index (χ1v) is 6.30. The first-order valence-electron chi connectivity index (χ1n) is 6.30. The highest BCUT2D eigenvalue weighted by Crippen LogP contribution is 2.10. The topological polar surface area (TPSA) is 59.0 Å². The van der Waals surface area contributed by atoms with Crippen LogP contribution in [0.5, 0.6) is 0 Å². The molecule has 0 aliphatic carbocycles. The van der Waals surface area contributed by atoms with Crippen LogP contribution in [0, 0.1) is 0 Å². The molecule has 17 heavy (non-hydrogen) atoms. The van der Waals surface area contributed by atoms with E-state index >= 15 is 0 Å². The Morgan fingerprint density at radius 3 is 2.94 bits per heavy atom. The molecule has 0 aromatic heterocycles. The fraction of sp³-hybridized carbons (Fsp3) is 0.917. The molecule has 1 fully saturated rings. The van der Waals surface area contributed by atoms with E-state index in [0.717, 1.165) is 12.8 Å². The molecule has 1 aliphatic rings. The van der Waals surface area contributed by atoms with Crippen LogP contribution >= 0.6 is 0 Å². The minimum absolute atomic E-state index is 0.00821.